The molecule has 1 aromatic carbocycles. The number of aliphatic hydroxyl groups is 1. The molecule has 5 nitrogen and oxygen atoms in total. The highest BCUT2D eigenvalue weighted by molar-refractivity contribution is 7.88. The quantitative estimate of drug-likeness (QED) is 0.884. The van der Waals surface area contributed by atoms with Crippen LogP contribution >= 0.6 is 0 Å². The van der Waals surface area contributed by atoms with Gasteiger partial charge in [-0.1, -0.05) is 12.1 Å². The van der Waals surface area contributed by atoms with E-state index in [0.29, 0.717) is 31.6 Å². The smallest absolute Gasteiger partial charge is 0.218 e. The molecule has 0 aliphatic carbocycles. The summed E-state index contributed by atoms with van der Waals surface area (Å²) in [6.45, 7) is 0.907. The summed E-state index contributed by atoms with van der Waals surface area (Å²) in [7, 11) is -2.10. The van der Waals surface area contributed by atoms with Gasteiger partial charge in [-0.2, -0.15) is 0 Å². The fourth-order valence-electron chi connectivity index (χ4n) is 2.32. The lowest BCUT2D eigenvalue weighted by Gasteiger charge is -2.35. The molecule has 0 radical (unpaired) electrons. The van der Waals surface area contributed by atoms with Crippen LogP contribution in [0.5, 0.6) is 0 Å². The van der Waals surface area contributed by atoms with Crippen molar-refractivity contribution < 1.29 is 22.7 Å². The van der Waals surface area contributed by atoms with Crippen LogP contribution in [0.1, 0.15) is 18.4 Å². The zero-order valence-electron chi connectivity index (χ0n) is 12.0. The molecule has 21 heavy (non-hydrogen) atoms. The highest BCUT2D eigenvalue weighted by atomic mass is 32.2. The highest BCUT2D eigenvalue weighted by Crippen LogP contribution is 2.23. The second kappa shape index (κ2) is 6.39. The molecule has 118 valence electrons. The molecule has 0 aromatic heterocycles. The van der Waals surface area contributed by atoms with Gasteiger partial charge in [0.15, 0.2) is 0 Å². The van der Waals surface area contributed by atoms with Gasteiger partial charge in [0.2, 0.25) is 10.0 Å². The number of sulfonamides is 1. The van der Waals surface area contributed by atoms with Crippen molar-refractivity contribution in [2.24, 2.45) is 0 Å². The topological polar surface area (TPSA) is 66.8 Å². The van der Waals surface area contributed by atoms with Crippen molar-refractivity contribution in [3.05, 3.63) is 35.6 Å². The molecule has 0 saturated carbocycles. The van der Waals surface area contributed by atoms with E-state index in [2.05, 4.69) is 0 Å². The molecule has 2 rings (SSSR count). The molecule has 1 aliphatic heterocycles. The summed E-state index contributed by atoms with van der Waals surface area (Å²) in [6, 6.07) is 5.36. The fourth-order valence-corrected chi connectivity index (χ4v) is 3.59. The van der Waals surface area contributed by atoms with E-state index in [1.807, 2.05) is 0 Å². The van der Waals surface area contributed by atoms with Gasteiger partial charge in [-0.15, -0.1) is 0 Å². The van der Waals surface area contributed by atoms with Crippen LogP contribution in [0.4, 0.5) is 4.39 Å². The molecule has 1 aliphatic rings. The van der Waals surface area contributed by atoms with Crippen LogP contribution in [0.3, 0.4) is 0 Å². The van der Waals surface area contributed by atoms with Gasteiger partial charge < -0.3 is 9.84 Å². The third kappa shape index (κ3) is 4.47. The number of hydrogen-bond acceptors (Lipinski definition) is 4. The first-order chi connectivity index (χ1) is 9.81. The van der Waals surface area contributed by atoms with Crippen LogP contribution in [-0.4, -0.2) is 50.2 Å². The van der Waals surface area contributed by atoms with Crippen molar-refractivity contribution in [2.75, 3.05) is 26.8 Å². The van der Waals surface area contributed by atoms with Gasteiger partial charge in [0.05, 0.1) is 11.4 Å². The van der Waals surface area contributed by atoms with Crippen LogP contribution in [0, 0.1) is 5.82 Å². The van der Waals surface area contributed by atoms with Gasteiger partial charge in [-0.3, -0.25) is 0 Å². The predicted octanol–water partition coefficient (Wildman–Crippen LogP) is 1.13. The third-order valence-corrected chi connectivity index (χ3v) is 5.45. The maximum atomic E-state index is 12.8. The second-order valence-electron chi connectivity index (χ2n) is 5.48. The van der Waals surface area contributed by atoms with E-state index in [-0.39, 0.29) is 12.3 Å². The van der Waals surface area contributed by atoms with E-state index in [9.17, 15) is 17.9 Å². The Morgan fingerprint density at radius 1 is 1.29 bits per heavy atom. The minimum absolute atomic E-state index is 0.0416. The minimum Gasteiger partial charge on any atom is -0.388 e. The molecule has 1 aromatic rings. The van der Waals surface area contributed by atoms with Crippen molar-refractivity contribution in [3.8, 4) is 0 Å². The molecule has 0 atom stereocenters. The monoisotopic (exact) mass is 317 g/mol. The first kappa shape index (κ1) is 16.4. The average Bonchev–Trinajstić information content (AvgIpc) is 2.41. The first-order valence-corrected chi connectivity index (χ1v) is 8.40. The summed E-state index contributed by atoms with van der Waals surface area (Å²) in [6.07, 6.45) is 0.840. The Morgan fingerprint density at radius 3 is 2.43 bits per heavy atom. The van der Waals surface area contributed by atoms with Gasteiger partial charge in [0.25, 0.3) is 0 Å². The zero-order chi connectivity index (χ0) is 15.5. The number of nitrogens with zero attached hydrogens (tertiary/aromatic N) is 1. The molecule has 7 heteroatoms. The van der Waals surface area contributed by atoms with Crippen molar-refractivity contribution in [3.63, 3.8) is 0 Å². The SMILES string of the molecule is CN(CC1(O)CCOCC1)S(=O)(=O)Cc1ccc(F)cc1. The van der Waals surface area contributed by atoms with E-state index in [4.69, 9.17) is 4.74 Å². The van der Waals surface area contributed by atoms with E-state index in [1.165, 1.54) is 35.6 Å². The lowest BCUT2D eigenvalue weighted by atomic mass is 9.95. The third-order valence-electron chi connectivity index (χ3n) is 3.68. The van der Waals surface area contributed by atoms with Crippen LogP contribution in [0.2, 0.25) is 0 Å². The molecule has 0 bridgehead atoms. The predicted molar refractivity (Wildman–Crippen MR) is 76.7 cm³/mol. The van der Waals surface area contributed by atoms with Gasteiger partial charge in [0, 0.05) is 39.6 Å². The number of hydrogen-bond donors (Lipinski definition) is 1. The van der Waals surface area contributed by atoms with E-state index in [0.717, 1.165) is 0 Å². The average molecular weight is 317 g/mol. The zero-order valence-corrected chi connectivity index (χ0v) is 12.8. The summed E-state index contributed by atoms with van der Waals surface area (Å²) < 4.78 is 43.8. The molecule has 1 heterocycles. The Bertz CT molecular complexity index is 567. The van der Waals surface area contributed by atoms with Crippen LogP contribution < -0.4 is 0 Å². The van der Waals surface area contributed by atoms with Gasteiger partial charge >= 0.3 is 0 Å². The van der Waals surface area contributed by atoms with Crippen molar-refractivity contribution in [1.82, 2.24) is 4.31 Å². The Hall–Kier alpha value is -1.02. The molecule has 1 fully saturated rings. The number of likely N-dealkylation sites (N-methyl/N-ethyl adjacent to an activating group) is 1. The molecule has 1 N–H and O–H groups in total. The summed E-state index contributed by atoms with van der Waals surface area (Å²) in [5, 5.41) is 10.4. The van der Waals surface area contributed by atoms with Gasteiger partial charge in [0.1, 0.15) is 5.82 Å². The molecule has 0 spiro atoms. The van der Waals surface area contributed by atoms with E-state index >= 15 is 0 Å². The fraction of sp³-hybridized carbons (Fsp3) is 0.571. The summed E-state index contributed by atoms with van der Waals surface area (Å²) >= 11 is 0. The Kier molecular flexibility index (Phi) is 4.98. The number of rotatable bonds is 5. The Balaban J connectivity index is 2.02. The second-order valence-corrected chi connectivity index (χ2v) is 7.55. The van der Waals surface area contributed by atoms with Crippen molar-refractivity contribution in [2.45, 2.75) is 24.2 Å². The summed E-state index contributed by atoms with van der Waals surface area (Å²) in [4.78, 5) is 0. The van der Waals surface area contributed by atoms with Crippen molar-refractivity contribution in [1.29, 1.82) is 0 Å². The Morgan fingerprint density at radius 2 is 1.86 bits per heavy atom. The molecular formula is C14H20FNO4S. The van der Waals surface area contributed by atoms with E-state index < -0.39 is 21.4 Å². The lowest BCUT2D eigenvalue weighted by molar-refractivity contribution is -0.0689. The maximum Gasteiger partial charge on any atom is 0.218 e. The summed E-state index contributed by atoms with van der Waals surface area (Å²) in [5.74, 6) is -0.614. The van der Waals surface area contributed by atoms with Gasteiger partial charge in [-0.05, 0) is 17.7 Å². The first-order valence-electron chi connectivity index (χ1n) is 6.79. The largest absolute Gasteiger partial charge is 0.388 e. The highest BCUT2D eigenvalue weighted by Gasteiger charge is 2.34. The normalized spacial score (nSPS) is 18.9. The van der Waals surface area contributed by atoms with E-state index in [1.54, 1.807) is 0 Å². The molecule has 0 unspecified atom stereocenters. The standard InChI is InChI=1S/C14H20FNO4S/c1-16(11-14(17)6-8-20-9-7-14)21(18,19)10-12-2-4-13(15)5-3-12/h2-5,17H,6-11H2,1H3. The molecule has 0 amide bonds. The van der Waals surface area contributed by atoms with Crippen LogP contribution in [-0.2, 0) is 20.5 Å². The van der Waals surface area contributed by atoms with Gasteiger partial charge in [-0.25, -0.2) is 17.1 Å². The van der Waals surface area contributed by atoms with Crippen LogP contribution in [0.15, 0.2) is 24.3 Å². The van der Waals surface area contributed by atoms with Crippen molar-refractivity contribution >= 4 is 10.0 Å². The number of benzene rings is 1. The maximum absolute atomic E-state index is 12.8. The Labute approximate surface area is 124 Å². The number of halogens is 1. The summed E-state index contributed by atoms with van der Waals surface area (Å²) in [5.41, 5.74) is -0.523. The lowest BCUT2D eigenvalue weighted by Crippen LogP contribution is -2.47. The molecular weight excluding hydrogens is 297 g/mol. The molecule has 1 saturated heterocycles. The minimum atomic E-state index is -3.55. The number of ether oxygens (including phenoxy) is 1. The van der Waals surface area contributed by atoms with Crippen LogP contribution in [0.25, 0.3) is 0 Å².